The fourth-order valence-corrected chi connectivity index (χ4v) is 2.08. The third kappa shape index (κ3) is 2.00. The van der Waals surface area contributed by atoms with E-state index in [1.54, 1.807) is 0 Å². The lowest BCUT2D eigenvalue weighted by molar-refractivity contribution is 0.373. The molecule has 1 heterocycles. The number of benzene rings is 2. The standard InChI is InChI=1S/C15H14O/c1-3-7-12(8-4-1)11-14-15(16-14)13-9-5-2-6-10-13/h1-10,14-15H,11H2/i16+2. The second-order valence-corrected chi connectivity index (χ2v) is 4.20. The fourth-order valence-electron chi connectivity index (χ4n) is 2.08. The largest absolute Gasteiger partial charge is 0.364 e. The molecule has 0 spiro atoms. The number of hydrogen-bond donors (Lipinski definition) is 0. The maximum atomic E-state index is 5.71. The molecule has 1 aliphatic heterocycles. The van der Waals surface area contributed by atoms with Gasteiger partial charge in [-0.05, 0) is 11.1 Å². The van der Waals surface area contributed by atoms with E-state index in [4.69, 9.17) is 4.74 Å². The molecule has 0 saturated carbocycles. The van der Waals surface area contributed by atoms with Crippen molar-refractivity contribution in [2.24, 2.45) is 0 Å². The van der Waals surface area contributed by atoms with E-state index in [-0.39, 0.29) is 0 Å². The summed E-state index contributed by atoms with van der Waals surface area (Å²) < 4.78 is 5.71. The van der Waals surface area contributed by atoms with Gasteiger partial charge < -0.3 is 4.74 Å². The average Bonchev–Trinajstić information content (AvgIpc) is 3.11. The Morgan fingerprint density at radius 2 is 1.44 bits per heavy atom. The third-order valence-electron chi connectivity index (χ3n) is 2.99. The average molecular weight is 212 g/mol. The Labute approximate surface area is 95.7 Å². The first-order valence-corrected chi connectivity index (χ1v) is 5.68. The van der Waals surface area contributed by atoms with E-state index in [1.165, 1.54) is 11.1 Å². The minimum absolute atomic E-state index is 0.307. The zero-order valence-corrected chi connectivity index (χ0v) is 9.04. The molecule has 0 aromatic heterocycles. The minimum Gasteiger partial charge on any atom is -0.364 e. The summed E-state index contributed by atoms with van der Waals surface area (Å²) in [5.74, 6) is 0. The van der Waals surface area contributed by atoms with Gasteiger partial charge in [-0.15, -0.1) is 0 Å². The molecule has 0 radical (unpaired) electrons. The quantitative estimate of drug-likeness (QED) is 0.561. The van der Waals surface area contributed by atoms with Crippen LogP contribution < -0.4 is 0 Å². The highest BCUT2D eigenvalue weighted by atomic mass is 18.4. The Balaban J connectivity index is 1.65. The van der Waals surface area contributed by atoms with Crippen molar-refractivity contribution in [3.05, 3.63) is 71.8 Å². The maximum Gasteiger partial charge on any atom is 0.109 e. The molecular weight excluding hydrogens is 198 g/mol. The Morgan fingerprint density at radius 1 is 0.812 bits per heavy atom. The van der Waals surface area contributed by atoms with Crippen molar-refractivity contribution in [1.82, 2.24) is 0 Å². The highest BCUT2D eigenvalue weighted by Gasteiger charge is 2.39. The van der Waals surface area contributed by atoms with Crippen LogP contribution in [0.1, 0.15) is 17.2 Å². The predicted molar refractivity (Wildman–Crippen MR) is 64.2 cm³/mol. The van der Waals surface area contributed by atoms with Crippen LogP contribution in [0.3, 0.4) is 0 Å². The molecule has 2 aromatic carbocycles. The molecule has 3 rings (SSSR count). The van der Waals surface area contributed by atoms with Crippen molar-refractivity contribution in [2.45, 2.75) is 18.6 Å². The molecule has 1 heteroatoms. The Kier molecular flexibility index (Phi) is 2.47. The van der Waals surface area contributed by atoms with Crippen molar-refractivity contribution in [1.29, 1.82) is 0 Å². The first-order chi connectivity index (χ1) is 7.93. The van der Waals surface area contributed by atoms with E-state index in [0.29, 0.717) is 12.2 Å². The summed E-state index contributed by atoms with van der Waals surface area (Å²) in [6.45, 7) is 0. The lowest BCUT2D eigenvalue weighted by Crippen LogP contribution is -1.94. The second-order valence-electron chi connectivity index (χ2n) is 4.20. The number of rotatable bonds is 3. The van der Waals surface area contributed by atoms with E-state index in [2.05, 4.69) is 48.5 Å². The molecule has 0 bridgehead atoms. The van der Waals surface area contributed by atoms with Crippen molar-refractivity contribution in [3.8, 4) is 0 Å². The molecular formula is C15H14O. The summed E-state index contributed by atoms with van der Waals surface area (Å²) >= 11 is 0. The third-order valence-corrected chi connectivity index (χ3v) is 2.99. The van der Waals surface area contributed by atoms with Gasteiger partial charge in [0.1, 0.15) is 6.10 Å². The van der Waals surface area contributed by atoms with Gasteiger partial charge in [0.05, 0.1) is 6.10 Å². The van der Waals surface area contributed by atoms with Crippen molar-refractivity contribution in [3.63, 3.8) is 0 Å². The van der Waals surface area contributed by atoms with Crippen molar-refractivity contribution in [2.75, 3.05) is 0 Å². The summed E-state index contributed by atoms with van der Waals surface area (Å²) in [5, 5.41) is 0. The van der Waals surface area contributed by atoms with Gasteiger partial charge in [-0.2, -0.15) is 0 Å². The zero-order valence-electron chi connectivity index (χ0n) is 9.04. The molecule has 1 fully saturated rings. The van der Waals surface area contributed by atoms with Gasteiger partial charge >= 0.3 is 0 Å². The van der Waals surface area contributed by atoms with E-state index in [1.807, 2.05) is 12.1 Å². The molecule has 2 unspecified atom stereocenters. The summed E-state index contributed by atoms with van der Waals surface area (Å²) in [4.78, 5) is 0. The van der Waals surface area contributed by atoms with E-state index < -0.39 is 0 Å². The van der Waals surface area contributed by atoms with E-state index >= 15 is 0 Å². The van der Waals surface area contributed by atoms with Gasteiger partial charge in [0.15, 0.2) is 0 Å². The summed E-state index contributed by atoms with van der Waals surface area (Å²) in [5.41, 5.74) is 2.65. The van der Waals surface area contributed by atoms with Gasteiger partial charge in [-0.1, -0.05) is 60.7 Å². The first kappa shape index (κ1) is 9.61. The molecule has 80 valence electrons. The molecule has 16 heavy (non-hydrogen) atoms. The molecule has 2 aromatic rings. The molecule has 0 N–H and O–H groups in total. The maximum absolute atomic E-state index is 5.71. The highest BCUT2D eigenvalue weighted by molar-refractivity contribution is 5.25. The van der Waals surface area contributed by atoms with Crippen LogP contribution in [0.15, 0.2) is 60.7 Å². The van der Waals surface area contributed by atoms with Gasteiger partial charge in [-0.3, -0.25) is 0 Å². The molecule has 1 saturated heterocycles. The van der Waals surface area contributed by atoms with Crippen LogP contribution in [0.25, 0.3) is 0 Å². The Hall–Kier alpha value is -1.60. The van der Waals surface area contributed by atoms with Gasteiger partial charge in [0.2, 0.25) is 0 Å². The van der Waals surface area contributed by atoms with E-state index in [9.17, 15) is 0 Å². The fraction of sp³-hybridized carbons (Fsp3) is 0.200. The lowest BCUT2D eigenvalue weighted by atomic mass is 10.0. The van der Waals surface area contributed by atoms with Crippen molar-refractivity contribution >= 4 is 0 Å². The second kappa shape index (κ2) is 4.11. The van der Waals surface area contributed by atoms with Crippen LogP contribution >= 0.6 is 0 Å². The molecule has 1 aliphatic rings. The Bertz CT molecular complexity index is 449. The molecule has 1 nitrogen and oxygen atoms in total. The van der Waals surface area contributed by atoms with Crippen molar-refractivity contribution < 1.29 is 4.74 Å². The normalized spacial score (nSPS) is 23.0. The number of ether oxygens (including phenoxy) is 1. The molecule has 0 amide bonds. The first-order valence-electron chi connectivity index (χ1n) is 5.68. The Morgan fingerprint density at radius 3 is 2.12 bits per heavy atom. The van der Waals surface area contributed by atoms with E-state index in [0.717, 1.165) is 6.42 Å². The van der Waals surface area contributed by atoms with Gasteiger partial charge in [0, 0.05) is 6.42 Å². The van der Waals surface area contributed by atoms with Crippen LogP contribution in [0, 0.1) is 0 Å². The lowest BCUT2D eigenvalue weighted by Gasteiger charge is -1.97. The predicted octanol–water partition coefficient (Wildman–Crippen LogP) is 3.37. The molecule has 0 aliphatic carbocycles. The number of hydrogen-bond acceptors (Lipinski definition) is 1. The van der Waals surface area contributed by atoms with Crippen LogP contribution in [0.5, 0.6) is 0 Å². The number of epoxide rings is 1. The summed E-state index contributed by atoms with van der Waals surface area (Å²) in [6.07, 6.45) is 1.69. The minimum atomic E-state index is 0.307. The summed E-state index contributed by atoms with van der Waals surface area (Å²) in [7, 11) is 0. The highest BCUT2D eigenvalue weighted by Crippen LogP contribution is 2.40. The SMILES string of the molecule is c1ccc(CC2[18O]C2c2ccccc2)cc1. The topological polar surface area (TPSA) is 12.5 Å². The van der Waals surface area contributed by atoms with Crippen LogP contribution in [0.2, 0.25) is 0 Å². The summed E-state index contributed by atoms with van der Waals surface area (Å²) in [6, 6.07) is 21.0. The van der Waals surface area contributed by atoms with Gasteiger partial charge in [0.25, 0.3) is 0 Å². The van der Waals surface area contributed by atoms with Crippen LogP contribution in [-0.4, -0.2) is 6.10 Å². The van der Waals surface area contributed by atoms with Crippen LogP contribution in [0.4, 0.5) is 0 Å². The zero-order chi connectivity index (χ0) is 10.8. The molecule has 2 atom stereocenters. The van der Waals surface area contributed by atoms with Crippen LogP contribution in [-0.2, 0) is 11.2 Å². The van der Waals surface area contributed by atoms with Gasteiger partial charge in [-0.25, -0.2) is 0 Å². The smallest absolute Gasteiger partial charge is 0.109 e. The monoisotopic (exact) mass is 212 g/mol.